The van der Waals surface area contributed by atoms with Gasteiger partial charge in [-0.05, 0) is 92.6 Å². The normalized spacial score (nSPS) is 10.8. The van der Waals surface area contributed by atoms with E-state index in [9.17, 15) is 64.8 Å². The second-order valence-electron chi connectivity index (χ2n) is 12.6. The molecule has 0 fully saturated rings. The zero-order valence-electron chi connectivity index (χ0n) is 32.8. The molecule has 0 atom stereocenters. The van der Waals surface area contributed by atoms with E-state index in [0.29, 0.717) is 31.1 Å². The van der Waals surface area contributed by atoms with Crippen molar-refractivity contribution < 1.29 is 64.7 Å². The van der Waals surface area contributed by atoms with Crippen molar-refractivity contribution in [1.29, 1.82) is 0 Å². The number of nitrogens with one attached hydrogen (secondary N) is 1. The van der Waals surface area contributed by atoms with Gasteiger partial charge in [-0.25, -0.2) is 35.5 Å². The van der Waals surface area contributed by atoms with Crippen LogP contribution in [0, 0.1) is 50.8 Å². The van der Waals surface area contributed by atoms with E-state index < -0.39 is 80.9 Å². The topological polar surface area (TPSA) is 187 Å². The highest BCUT2D eigenvalue weighted by atomic mass is 79.9. The quantitative estimate of drug-likeness (QED) is 0.0617. The largest absolute Gasteiger partial charge is 0.477 e. The van der Waals surface area contributed by atoms with Gasteiger partial charge in [0.25, 0.3) is 5.91 Å². The van der Waals surface area contributed by atoms with E-state index >= 15 is 0 Å². The number of carbonyl (C=O) groups is 5. The van der Waals surface area contributed by atoms with Crippen LogP contribution in [0.2, 0.25) is 0 Å². The molecular weight excluding hydrogens is 1190 g/mol. The third-order valence-electron chi connectivity index (χ3n) is 7.88. The van der Waals surface area contributed by atoms with Gasteiger partial charge in [-0.2, -0.15) is 0 Å². The molecule has 1 heterocycles. The number of amides is 1. The van der Waals surface area contributed by atoms with Crippen molar-refractivity contribution >= 4 is 109 Å². The molecule has 1 aliphatic rings. The summed E-state index contributed by atoms with van der Waals surface area (Å²) in [6.45, 7) is 3.64. The maximum absolute atomic E-state index is 13.3. The minimum absolute atomic E-state index is 0.0828. The standard InChI is InChI=1S/C9H7BrFNO3.C9H9BrFNO.C8H5BrF2O.C8H5BrFNO.C7H3BrF2O2/c1-5(13)9-6(4-12(14)15)2-7(10)3-8(9)11;1-5(13)9-6(4-12)2-7(10)3-8(9)11;1-4(12)8-6(10)2-5(9)3-7(8)11;9-5-1-4-3-11-8(12)7(4)6(10)2-5;8-3-1-4(9)6(7(11)12)5(10)2-3/h2-3H,4H2,1H3;2-3H,4,12H2,1H3;2-3H,1H3;1-2H,3H2,(H,11,12);1-2H,(H,11,12). The van der Waals surface area contributed by atoms with Crippen LogP contribution >= 0.6 is 79.6 Å². The second-order valence-corrected chi connectivity index (χ2v) is 17.2. The number of carboxylic acids is 1. The fraction of sp³-hybridized carbons (Fsp3) is 0.146. The molecule has 0 saturated carbocycles. The molecule has 23 heteroatoms. The summed E-state index contributed by atoms with van der Waals surface area (Å²) in [7, 11) is 0. The molecule has 6 rings (SSSR count). The SMILES string of the molecule is CC(=O)c1c(F)cc(Br)cc1CN.CC(=O)c1c(F)cc(Br)cc1C[N+](=O)[O-].CC(=O)c1c(F)cc(Br)cc1F.O=C(O)c1c(F)cc(Br)cc1F.O=C1NCc2cc(Br)cc(F)c21. The van der Waals surface area contributed by atoms with Gasteiger partial charge in [-0.1, -0.05) is 79.6 Å². The lowest BCUT2D eigenvalue weighted by Crippen LogP contribution is -2.13. The molecule has 0 spiro atoms. The lowest BCUT2D eigenvalue weighted by atomic mass is 10.0. The highest BCUT2D eigenvalue weighted by Gasteiger charge is 2.23. The highest BCUT2D eigenvalue weighted by molar-refractivity contribution is 9.11. The minimum Gasteiger partial charge on any atom is -0.477 e. The van der Waals surface area contributed by atoms with Gasteiger partial charge in [0.15, 0.2) is 17.3 Å². The van der Waals surface area contributed by atoms with Crippen molar-refractivity contribution in [2.75, 3.05) is 0 Å². The summed E-state index contributed by atoms with van der Waals surface area (Å²) in [6.07, 6.45) is 0. The Morgan fingerprint density at radius 1 is 0.594 bits per heavy atom. The number of nitrogens with two attached hydrogens (primary N) is 1. The lowest BCUT2D eigenvalue weighted by Gasteiger charge is -2.06. The molecule has 0 bridgehead atoms. The van der Waals surface area contributed by atoms with Crippen LogP contribution in [0.3, 0.4) is 0 Å². The first kappa shape index (κ1) is 55.5. The van der Waals surface area contributed by atoms with E-state index in [1.54, 1.807) is 12.1 Å². The molecule has 0 aliphatic carbocycles. The number of halogens is 12. The number of carbonyl (C=O) groups excluding carboxylic acids is 4. The van der Waals surface area contributed by atoms with E-state index in [-0.39, 0.29) is 49.4 Å². The van der Waals surface area contributed by atoms with E-state index in [2.05, 4.69) is 85.0 Å². The minimum atomic E-state index is -1.61. The Balaban J connectivity index is 0.000000276. The number of rotatable bonds is 7. The average Bonchev–Trinajstić information content (AvgIpc) is 3.50. The van der Waals surface area contributed by atoms with Gasteiger partial charge in [0.1, 0.15) is 46.3 Å². The predicted molar refractivity (Wildman–Crippen MR) is 237 cm³/mol. The molecule has 64 heavy (non-hydrogen) atoms. The van der Waals surface area contributed by atoms with E-state index in [1.807, 2.05) is 0 Å². The molecule has 4 N–H and O–H groups in total. The summed E-state index contributed by atoms with van der Waals surface area (Å²) < 4.78 is 92.9. The molecule has 0 unspecified atom stereocenters. The third kappa shape index (κ3) is 16.1. The molecule has 0 saturated heterocycles. The van der Waals surface area contributed by atoms with Gasteiger partial charge < -0.3 is 16.2 Å². The monoisotopic (exact) mass is 1220 g/mol. The average molecular weight is 1220 g/mol. The number of benzene rings is 5. The van der Waals surface area contributed by atoms with Gasteiger partial charge in [-0.15, -0.1) is 0 Å². The maximum atomic E-state index is 13.3. The van der Waals surface area contributed by atoms with E-state index in [0.717, 1.165) is 37.3 Å². The highest BCUT2D eigenvalue weighted by Crippen LogP contribution is 2.25. The van der Waals surface area contributed by atoms with Crippen molar-refractivity contribution in [2.24, 2.45) is 5.73 Å². The lowest BCUT2D eigenvalue weighted by molar-refractivity contribution is -0.496. The number of hydrogen-bond acceptors (Lipinski definition) is 8. The molecule has 0 aromatic heterocycles. The number of Topliss-reactive ketones (excluding diaryl/α,β-unsaturated/α-hetero) is 3. The molecular formula is C41H29Br5F7N3O8. The fourth-order valence-electron chi connectivity index (χ4n) is 5.38. The molecule has 0 radical (unpaired) electrons. The Bertz CT molecular complexity index is 2520. The van der Waals surface area contributed by atoms with Gasteiger partial charge in [0.05, 0.1) is 22.3 Å². The number of nitro groups is 1. The summed E-state index contributed by atoms with van der Waals surface area (Å²) in [5, 5.41) is 21.2. The first-order valence-corrected chi connectivity index (χ1v) is 21.3. The summed E-state index contributed by atoms with van der Waals surface area (Å²) in [5.74, 6) is -8.95. The Morgan fingerprint density at radius 2 is 0.922 bits per heavy atom. The molecule has 340 valence electrons. The van der Waals surface area contributed by atoms with Gasteiger partial charge in [-0.3, -0.25) is 29.3 Å². The molecule has 5 aromatic carbocycles. The molecule has 1 aliphatic heterocycles. The molecule has 11 nitrogen and oxygen atoms in total. The van der Waals surface area contributed by atoms with Gasteiger partial charge >= 0.3 is 5.97 Å². The first-order valence-electron chi connectivity index (χ1n) is 17.3. The number of aromatic carboxylic acids is 1. The zero-order valence-corrected chi connectivity index (χ0v) is 40.7. The number of nitrogens with zero attached hydrogens (tertiary/aromatic N) is 1. The van der Waals surface area contributed by atoms with Crippen LogP contribution in [-0.4, -0.2) is 39.3 Å². The van der Waals surface area contributed by atoms with Crippen molar-refractivity contribution in [3.63, 3.8) is 0 Å². The molecule has 5 aromatic rings. The van der Waals surface area contributed by atoms with Crippen LogP contribution in [0.4, 0.5) is 30.7 Å². The van der Waals surface area contributed by atoms with Gasteiger partial charge in [0, 0.05) is 45.9 Å². The number of hydrogen-bond donors (Lipinski definition) is 3. The summed E-state index contributed by atoms with van der Waals surface area (Å²) in [5.41, 5.74) is 5.35. The summed E-state index contributed by atoms with van der Waals surface area (Å²) >= 11 is 15.0. The van der Waals surface area contributed by atoms with Crippen molar-refractivity contribution in [2.45, 2.75) is 40.4 Å². The van der Waals surface area contributed by atoms with Crippen molar-refractivity contribution in [3.05, 3.63) is 178 Å². The second kappa shape index (κ2) is 25.1. The van der Waals surface area contributed by atoms with Crippen LogP contribution < -0.4 is 11.1 Å². The van der Waals surface area contributed by atoms with E-state index in [1.165, 1.54) is 32.0 Å². The van der Waals surface area contributed by atoms with E-state index in [4.69, 9.17) is 10.8 Å². The van der Waals surface area contributed by atoms with Crippen LogP contribution in [0.25, 0.3) is 0 Å². The number of fused-ring (bicyclic) bond motifs is 1. The zero-order chi connectivity index (χ0) is 48.9. The number of carboxylic acid groups (broad SMARTS) is 1. The number of ketones is 3. The van der Waals surface area contributed by atoms with Gasteiger partial charge in [0.2, 0.25) is 6.54 Å². The fourth-order valence-corrected chi connectivity index (χ4v) is 7.61. The predicted octanol–water partition coefficient (Wildman–Crippen LogP) is 12.0. The van der Waals surface area contributed by atoms with Crippen LogP contribution in [0.15, 0.2) is 83.0 Å². The van der Waals surface area contributed by atoms with Crippen molar-refractivity contribution in [1.82, 2.24) is 5.32 Å². The Kier molecular flexibility index (Phi) is 21.8. The van der Waals surface area contributed by atoms with Crippen molar-refractivity contribution in [3.8, 4) is 0 Å². The summed E-state index contributed by atoms with van der Waals surface area (Å²) in [6, 6.07) is 12.3. The Morgan fingerprint density at radius 3 is 1.30 bits per heavy atom. The molecule has 1 amide bonds. The summed E-state index contributed by atoms with van der Waals surface area (Å²) in [4.78, 5) is 63.9. The Labute approximate surface area is 400 Å². The van der Waals surface area contributed by atoms with Crippen LogP contribution in [0.5, 0.6) is 0 Å². The smallest absolute Gasteiger partial charge is 0.341 e. The van der Waals surface area contributed by atoms with Crippen LogP contribution in [-0.2, 0) is 19.6 Å². The maximum Gasteiger partial charge on any atom is 0.341 e. The third-order valence-corrected chi connectivity index (χ3v) is 10.2. The van der Waals surface area contributed by atoms with Crippen LogP contribution in [0.1, 0.15) is 89.3 Å². The Hall–Kier alpha value is -4.68. The first-order chi connectivity index (χ1) is 29.7.